The highest BCUT2D eigenvalue weighted by Crippen LogP contribution is 2.38. The summed E-state index contributed by atoms with van der Waals surface area (Å²) in [5, 5.41) is 6.86. The number of aromatic nitrogens is 2. The van der Waals surface area contributed by atoms with Crippen molar-refractivity contribution in [3.63, 3.8) is 0 Å². The van der Waals surface area contributed by atoms with Crippen molar-refractivity contribution in [1.82, 2.24) is 9.97 Å². The van der Waals surface area contributed by atoms with Crippen LogP contribution in [-0.4, -0.2) is 9.97 Å². The smallest absolute Gasteiger partial charge is 0.143 e. The molecule has 2 heterocycles. The zero-order valence-corrected chi connectivity index (χ0v) is 17.7. The minimum absolute atomic E-state index is 0.530. The third kappa shape index (κ3) is 3.53. The molecule has 0 aliphatic heterocycles. The molecule has 0 unspecified atom stereocenters. The van der Waals surface area contributed by atoms with Crippen LogP contribution in [0.1, 0.15) is 49.3 Å². The molecule has 0 amide bonds. The fourth-order valence-electron chi connectivity index (χ4n) is 4.17. The van der Waals surface area contributed by atoms with E-state index in [1.165, 1.54) is 53.5 Å². The summed E-state index contributed by atoms with van der Waals surface area (Å²) >= 11 is 1.69. The standard InChI is InChI=1S/C25H25N3S/c1-16(2)17-9-11-21(12-10-17)28-24-23-22(14-29-25(23)27-15-26-24)20-8-7-18-5-3-4-6-19(18)13-20/h7-16H,3-6H2,1-2H3,(H,26,27,28). The van der Waals surface area contributed by atoms with E-state index < -0.39 is 0 Å². The molecule has 2 aromatic heterocycles. The van der Waals surface area contributed by atoms with E-state index in [9.17, 15) is 0 Å². The molecular weight excluding hydrogens is 374 g/mol. The Balaban J connectivity index is 1.55. The topological polar surface area (TPSA) is 37.8 Å². The van der Waals surface area contributed by atoms with Crippen LogP contribution in [0.2, 0.25) is 0 Å². The molecule has 1 aliphatic rings. The van der Waals surface area contributed by atoms with Crippen molar-refractivity contribution >= 4 is 33.1 Å². The second-order valence-corrected chi connectivity index (χ2v) is 9.00. The minimum Gasteiger partial charge on any atom is -0.340 e. The van der Waals surface area contributed by atoms with Crippen LogP contribution >= 0.6 is 11.3 Å². The first-order valence-electron chi connectivity index (χ1n) is 10.4. The van der Waals surface area contributed by atoms with Crippen molar-refractivity contribution in [3.05, 3.63) is 70.9 Å². The molecule has 1 N–H and O–H groups in total. The van der Waals surface area contributed by atoms with E-state index in [1.54, 1.807) is 17.7 Å². The minimum atomic E-state index is 0.530. The number of nitrogens with zero attached hydrogens (tertiary/aromatic N) is 2. The van der Waals surface area contributed by atoms with Gasteiger partial charge in [-0.05, 0) is 66.0 Å². The van der Waals surface area contributed by atoms with Crippen molar-refractivity contribution < 1.29 is 0 Å². The second-order valence-electron chi connectivity index (χ2n) is 8.14. The molecule has 29 heavy (non-hydrogen) atoms. The van der Waals surface area contributed by atoms with E-state index in [0.717, 1.165) is 21.7 Å². The lowest BCUT2D eigenvalue weighted by molar-refractivity contribution is 0.686. The summed E-state index contributed by atoms with van der Waals surface area (Å²) in [6.07, 6.45) is 6.66. The predicted molar refractivity (Wildman–Crippen MR) is 123 cm³/mol. The van der Waals surface area contributed by atoms with Gasteiger partial charge in [0.05, 0.1) is 5.39 Å². The van der Waals surface area contributed by atoms with Crippen molar-refractivity contribution in [2.75, 3.05) is 5.32 Å². The van der Waals surface area contributed by atoms with E-state index >= 15 is 0 Å². The van der Waals surface area contributed by atoms with Gasteiger partial charge in [0.1, 0.15) is 17.0 Å². The van der Waals surface area contributed by atoms with E-state index in [2.05, 4.69) is 77.0 Å². The van der Waals surface area contributed by atoms with Gasteiger partial charge < -0.3 is 5.32 Å². The number of anilines is 2. The monoisotopic (exact) mass is 399 g/mol. The van der Waals surface area contributed by atoms with Crippen molar-refractivity contribution in [2.24, 2.45) is 0 Å². The van der Waals surface area contributed by atoms with E-state index in [-0.39, 0.29) is 0 Å². The van der Waals surface area contributed by atoms with Gasteiger partial charge >= 0.3 is 0 Å². The third-order valence-corrected chi connectivity index (χ3v) is 6.76. The Morgan fingerprint density at radius 2 is 1.72 bits per heavy atom. The second kappa shape index (κ2) is 7.60. The van der Waals surface area contributed by atoms with Crippen LogP contribution in [0, 0.1) is 0 Å². The predicted octanol–water partition coefficient (Wildman–Crippen LogP) is 7.10. The largest absolute Gasteiger partial charge is 0.340 e. The summed E-state index contributed by atoms with van der Waals surface area (Å²) in [6.45, 7) is 4.43. The van der Waals surface area contributed by atoms with Gasteiger partial charge in [-0.15, -0.1) is 11.3 Å². The Kier molecular flexibility index (Phi) is 4.80. The van der Waals surface area contributed by atoms with Gasteiger partial charge in [0, 0.05) is 16.6 Å². The molecule has 3 nitrogen and oxygen atoms in total. The van der Waals surface area contributed by atoms with Gasteiger partial charge in [-0.25, -0.2) is 9.97 Å². The number of benzene rings is 2. The Morgan fingerprint density at radius 3 is 2.52 bits per heavy atom. The summed E-state index contributed by atoms with van der Waals surface area (Å²) < 4.78 is 0. The van der Waals surface area contributed by atoms with Crippen molar-refractivity contribution in [3.8, 4) is 11.1 Å². The first-order chi connectivity index (χ1) is 14.2. The number of aryl methyl sites for hydroxylation is 2. The summed E-state index contributed by atoms with van der Waals surface area (Å²) in [4.78, 5) is 10.1. The maximum absolute atomic E-state index is 4.59. The first kappa shape index (κ1) is 18.3. The maximum Gasteiger partial charge on any atom is 0.143 e. The number of fused-ring (bicyclic) bond motifs is 2. The summed E-state index contributed by atoms with van der Waals surface area (Å²) in [5.41, 5.74) is 7.90. The normalized spacial score (nSPS) is 13.6. The van der Waals surface area contributed by atoms with E-state index in [4.69, 9.17) is 0 Å². The Morgan fingerprint density at radius 1 is 0.931 bits per heavy atom. The maximum atomic E-state index is 4.59. The molecule has 0 saturated carbocycles. The molecule has 0 atom stereocenters. The fourth-order valence-corrected chi connectivity index (χ4v) is 5.09. The molecule has 5 rings (SSSR count). The third-order valence-electron chi connectivity index (χ3n) is 5.87. The average molecular weight is 400 g/mol. The van der Waals surface area contributed by atoms with Crippen LogP contribution in [0.3, 0.4) is 0 Å². The number of thiophene rings is 1. The summed E-state index contributed by atoms with van der Waals surface area (Å²) in [6, 6.07) is 15.6. The molecular formula is C25H25N3S. The quantitative estimate of drug-likeness (QED) is 0.397. The van der Waals surface area contributed by atoms with Crippen LogP contribution < -0.4 is 5.32 Å². The van der Waals surface area contributed by atoms with Crippen LogP contribution in [0.5, 0.6) is 0 Å². The molecule has 4 aromatic rings. The molecule has 146 valence electrons. The molecule has 0 radical (unpaired) electrons. The van der Waals surface area contributed by atoms with Gasteiger partial charge in [-0.1, -0.05) is 44.2 Å². The fraction of sp³-hybridized carbons (Fsp3) is 0.280. The number of hydrogen-bond donors (Lipinski definition) is 1. The van der Waals surface area contributed by atoms with Gasteiger partial charge in [0.25, 0.3) is 0 Å². The average Bonchev–Trinajstić information content (AvgIpc) is 3.19. The Bertz CT molecular complexity index is 1160. The van der Waals surface area contributed by atoms with E-state index in [0.29, 0.717) is 5.92 Å². The zero-order chi connectivity index (χ0) is 19.8. The lowest BCUT2D eigenvalue weighted by atomic mass is 9.89. The first-order valence-corrected chi connectivity index (χ1v) is 11.3. The molecule has 0 bridgehead atoms. The Hall–Kier alpha value is -2.72. The highest BCUT2D eigenvalue weighted by molar-refractivity contribution is 7.17. The molecule has 0 fully saturated rings. The van der Waals surface area contributed by atoms with Gasteiger partial charge in [0.15, 0.2) is 0 Å². The highest BCUT2D eigenvalue weighted by Gasteiger charge is 2.16. The van der Waals surface area contributed by atoms with Crippen molar-refractivity contribution in [1.29, 1.82) is 0 Å². The van der Waals surface area contributed by atoms with Crippen LogP contribution in [0.25, 0.3) is 21.3 Å². The highest BCUT2D eigenvalue weighted by atomic mass is 32.1. The molecule has 0 spiro atoms. The number of nitrogens with one attached hydrogen (secondary N) is 1. The summed E-state index contributed by atoms with van der Waals surface area (Å²) in [5.74, 6) is 1.41. The van der Waals surface area contributed by atoms with Gasteiger partial charge in [-0.2, -0.15) is 0 Å². The molecule has 4 heteroatoms. The Labute approximate surface area is 175 Å². The zero-order valence-electron chi connectivity index (χ0n) is 16.9. The SMILES string of the molecule is CC(C)c1ccc(Nc2ncnc3scc(-c4ccc5c(c4)CCCC5)c23)cc1. The molecule has 1 aliphatic carbocycles. The lowest BCUT2D eigenvalue weighted by Gasteiger charge is -2.16. The molecule has 0 saturated heterocycles. The number of rotatable bonds is 4. The van der Waals surface area contributed by atoms with Crippen LogP contribution in [0.4, 0.5) is 11.5 Å². The lowest BCUT2D eigenvalue weighted by Crippen LogP contribution is -2.02. The molecule has 2 aromatic carbocycles. The van der Waals surface area contributed by atoms with E-state index in [1.807, 2.05) is 0 Å². The van der Waals surface area contributed by atoms with Crippen molar-refractivity contribution in [2.45, 2.75) is 45.4 Å². The van der Waals surface area contributed by atoms with Crippen LogP contribution in [-0.2, 0) is 12.8 Å². The van der Waals surface area contributed by atoms with Gasteiger partial charge in [-0.3, -0.25) is 0 Å². The summed E-state index contributed by atoms with van der Waals surface area (Å²) in [7, 11) is 0. The van der Waals surface area contributed by atoms with Gasteiger partial charge in [0.2, 0.25) is 0 Å². The van der Waals surface area contributed by atoms with Crippen LogP contribution in [0.15, 0.2) is 54.2 Å². The number of hydrogen-bond acceptors (Lipinski definition) is 4.